The molecular formula is C13H15Br2N3O. The van der Waals surface area contributed by atoms with Crippen molar-refractivity contribution in [2.24, 2.45) is 0 Å². The first-order chi connectivity index (χ1) is 9.13. The van der Waals surface area contributed by atoms with Gasteiger partial charge in [-0.2, -0.15) is 5.10 Å². The number of nitrogens with zero attached hydrogens (tertiary/aromatic N) is 2. The minimum atomic E-state index is 0.677. The van der Waals surface area contributed by atoms with Gasteiger partial charge in [-0.05, 0) is 35.0 Å². The second-order valence-corrected chi connectivity index (χ2v) is 5.79. The van der Waals surface area contributed by atoms with Gasteiger partial charge in [0.2, 0.25) is 0 Å². The Balaban J connectivity index is 2.14. The standard InChI is InChI=1S/C13H15Br2N3O/c1-3-18-8-11(7-17-18)16-6-9-4-10(14)5-12(15)13(9)19-2/h4-5,7-8,16H,3,6H2,1-2H3. The number of aromatic nitrogens is 2. The molecular weight excluding hydrogens is 374 g/mol. The highest BCUT2D eigenvalue weighted by atomic mass is 79.9. The molecule has 0 fully saturated rings. The predicted octanol–water partition coefficient (Wildman–Crippen LogP) is 4.05. The lowest BCUT2D eigenvalue weighted by molar-refractivity contribution is 0.407. The molecule has 0 saturated carbocycles. The lowest BCUT2D eigenvalue weighted by Gasteiger charge is -2.12. The highest BCUT2D eigenvalue weighted by molar-refractivity contribution is 9.11. The van der Waals surface area contributed by atoms with E-state index in [4.69, 9.17) is 4.74 Å². The maximum atomic E-state index is 5.42. The summed E-state index contributed by atoms with van der Waals surface area (Å²) in [7, 11) is 1.67. The predicted molar refractivity (Wildman–Crippen MR) is 83.6 cm³/mol. The van der Waals surface area contributed by atoms with E-state index in [0.717, 1.165) is 32.5 Å². The van der Waals surface area contributed by atoms with Gasteiger partial charge in [0.1, 0.15) is 5.75 Å². The lowest BCUT2D eigenvalue weighted by Crippen LogP contribution is -2.02. The molecule has 0 aliphatic heterocycles. The van der Waals surface area contributed by atoms with Crippen LogP contribution in [0.4, 0.5) is 5.69 Å². The zero-order valence-corrected chi connectivity index (χ0v) is 14.0. The topological polar surface area (TPSA) is 39.1 Å². The van der Waals surface area contributed by atoms with Crippen molar-refractivity contribution in [3.8, 4) is 5.75 Å². The molecule has 0 aliphatic rings. The number of ether oxygens (including phenoxy) is 1. The van der Waals surface area contributed by atoms with E-state index < -0.39 is 0 Å². The van der Waals surface area contributed by atoms with Crippen LogP contribution in [0.5, 0.6) is 5.75 Å². The Morgan fingerprint density at radius 3 is 2.79 bits per heavy atom. The Morgan fingerprint density at radius 1 is 1.37 bits per heavy atom. The molecule has 2 rings (SSSR count). The van der Waals surface area contributed by atoms with Gasteiger partial charge in [0.25, 0.3) is 0 Å². The molecule has 1 aromatic carbocycles. The summed E-state index contributed by atoms with van der Waals surface area (Å²) < 4.78 is 9.25. The van der Waals surface area contributed by atoms with Crippen LogP contribution in [0, 0.1) is 0 Å². The molecule has 0 unspecified atom stereocenters. The first-order valence-corrected chi connectivity index (χ1v) is 7.51. The molecule has 2 aromatic rings. The fraction of sp³-hybridized carbons (Fsp3) is 0.308. The Hall–Kier alpha value is -1.01. The van der Waals surface area contributed by atoms with Crippen molar-refractivity contribution in [2.45, 2.75) is 20.0 Å². The van der Waals surface area contributed by atoms with Crippen LogP contribution in [0.15, 0.2) is 33.5 Å². The van der Waals surface area contributed by atoms with Gasteiger partial charge < -0.3 is 10.1 Å². The largest absolute Gasteiger partial charge is 0.495 e. The summed E-state index contributed by atoms with van der Waals surface area (Å²) in [5.74, 6) is 0.846. The van der Waals surface area contributed by atoms with E-state index >= 15 is 0 Å². The molecule has 0 spiro atoms. The van der Waals surface area contributed by atoms with Crippen LogP contribution in [0.1, 0.15) is 12.5 Å². The second kappa shape index (κ2) is 6.43. The van der Waals surface area contributed by atoms with Crippen molar-refractivity contribution >= 4 is 37.5 Å². The average Bonchev–Trinajstić information content (AvgIpc) is 2.83. The average molecular weight is 389 g/mol. The van der Waals surface area contributed by atoms with Crippen LogP contribution in [0.2, 0.25) is 0 Å². The zero-order chi connectivity index (χ0) is 13.8. The summed E-state index contributed by atoms with van der Waals surface area (Å²) in [6.45, 7) is 3.61. The van der Waals surface area contributed by atoms with E-state index in [-0.39, 0.29) is 0 Å². The highest BCUT2D eigenvalue weighted by Crippen LogP contribution is 2.33. The summed E-state index contributed by atoms with van der Waals surface area (Å²) >= 11 is 6.99. The van der Waals surface area contributed by atoms with Crippen LogP contribution in [0.3, 0.4) is 0 Å². The number of nitrogens with one attached hydrogen (secondary N) is 1. The van der Waals surface area contributed by atoms with Crippen LogP contribution >= 0.6 is 31.9 Å². The Kier molecular flexibility index (Phi) is 4.87. The van der Waals surface area contributed by atoms with Crippen LogP contribution in [0.25, 0.3) is 0 Å². The van der Waals surface area contributed by atoms with Gasteiger partial charge in [0.05, 0.1) is 23.5 Å². The third kappa shape index (κ3) is 3.51. The third-order valence-corrected chi connectivity index (χ3v) is 3.78. The second-order valence-electron chi connectivity index (χ2n) is 4.02. The molecule has 0 bridgehead atoms. The molecule has 0 atom stereocenters. The van der Waals surface area contributed by atoms with E-state index in [9.17, 15) is 0 Å². The fourth-order valence-corrected chi connectivity index (χ4v) is 3.27. The number of anilines is 1. The van der Waals surface area contributed by atoms with Crippen LogP contribution in [-0.2, 0) is 13.1 Å². The third-order valence-electron chi connectivity index (χ3n) is 2.73. The Labute approximate surface area is 129 Å². The summed E-state index contributed by atoms with van der Waals surface area (Å²) in [6.07, 6.45) is 3.81. The highest BCUT2D eigenvalue weighted by Gasteiger charge is 2.09. The fourth-order valence-electron chi connectivity index (χ4n) is 1.80. The van der Waals surface area contributed by atoms with Crippen molar-refractivity contribution in [2.75, 3.05) is 12.4 Å². The summed E-state index contributed by atoms with van der Waals surface area (Å²) in [5, 5.41) is 7.57. The lowest BCUT2D eigenvalue weighted by atomic mass is 10.2. The molecule has 0 saturated heterocycles. The molecule has 0 aliphatic carbocycles. The zero-order valence-electron chi connectivity index (χ0n) is 10.8. The molecule has 1 heterocycles. The van der Waals surface area contributed by atoms with E-state index in [1.54, 1.807) is 7.11 Å². The number of hydrogen-bond donors (Lipinski definition) is 1. The first-order valence-electron chi connectivity index (χ1n) is 5.92. The summed E-state index contributed by atoms with van der Waals surface area (Å²) in [5.41, 5.74) is 2.08. The summed E-state index contributed by atoms with van der Waals surface area (Å²) in [6, 6.07) is 4.01. The smallest absolute Gasteiger partial charge is 0.138 e. The van der Waals surface area contributed by atoms with Gasteiger partial charge in [0.15, 0.2) is 0 Å². The van der Waals surface area contributed by atoms with Crippen molar-refractivity contribution in [3.05, 3.63) is 39.0 Å². The monoisotopic (exact) mass is 387 g/mol. The number of aryl methyl sites for hydroxylation is 1. The van der Waals surface area contributed by atoms with Crippen molar-refractivity contribution in [3.63, 3.8) is 0 Å². The van der Waals surface area contributed by atoms with Crippen molar-refractivity contribution < 1.29 is 4.74 Å². The minimum Gasteiger partial charge on any atom is -0.495 e. The van der Waals surface area contributed by atoms with Gasteiger partial charge in [-0.25, -0.2) is 0 Å². The van der Waals surface area contributed by atoms with Crippen molar-refractivity contribution in [1.82, 2.24) is 9.78 Å². The van der Waals surface area contributed by atoms with Gasteiger partial charge in [-0.15, -0.1) is 0 Å². The quantitative estimate of drug-likeness (QED) is 0.839. The first kappa shape index (κ1) is 14.4. The Bertz CT molecular complexity index is 569. The molecule has 0 amide bonds. The normalized spacial score (nSPS) is 10.5. The SMILES string of the molecule is CCn1cc(NCc2cc(Br)cc(Br)c2OC)cn1. The molecule has 1 N–H and O–H groups in total. The van der Waals surface area contributed by atoms with E-state index in [2.05, 4.69) is 49.2 Å². The van der Waals surface area contributed by atoms with Crippen molar-refractivity contribution in [1.29, 1.82) is 0 Å². The maximum absolute atomic E-state index is 5.42. The van der Waals surface area contributed by atoms with Gasteiger partial charge in [0, 0.05) is 29.3 Å². The van der Waals surface area contributed by atoms with Crippen LogP contribution < -0.4 is 10.1 Å². The number of benzene rings is 1. The van der Waals surface area contributed by atoms with Gasteiger partial charge in [-0.1, -0.05) is 15.9 Å². The van der Waals surface area contributed by atoms with E-state index in [0.29, 0.717) is 6.54 Å². The maximum Gasteiger partial charge on any atom is 0.138 e. The molecule has 1 aromatic heterocycles. The van der Waals surface area contributed by atoms with E-state index in [1.807, 2.05) is 29.2 Å². The van der Waals surface area contributed by atoms with Gasteiger partial charge >= 0.3 is 0 Å². The summed E-state index contributed by atoms with van der Waals surface area (Å²) in [4.78, 5) is 0. The minimum absolute atomic E-state index is 0.677. The van der Waals surface area contributed by atoms with Crippen LogP contribution in [-0.4, -0.2) is 16.9 Å². The molecule has 19 heavy (non-hydrogen) atoms. The molecule has 0 radical (unpaired) electrons. The number of hydrogen-bond acceptors (Lipinski definition) is 3. The van der Waals surface area contributed by atoms with E-state index in [1.165, 1.54) is 0 Å². The molecule has 102 valence electrons. The number of methoxy groups -OCH3 is 1. The Morgan fingerprint density at radius 2 is 2.16 bits per heavy atom. The number of halogens is 2. The number of rotatable bonds is 5. The van der Waals surface area contributed by atoms with Gasteiger partial charge in [-0.3, -0.25) is 4.68 Å². The molecule has 4 nitrogen and oxygen atoms in total. The molecule has 6 heteroatoms.